The standard InChI is InChI=1S/C16H12Cl2O/c1-11-2-4-12(5-3-11)6-9-16(19)14-10-13(17)7-8-15(14)18/h2-10H,1H3. The van der Waals surface area contributed by atoms with Gasteiger partial charge in [-0.2, -0.15) is 0 Å². The number of halogens is 2. The molecule has 0 aromatic heterocycles. The lowest BCUT2D eigenvalue weighted by atomic mass is 10.1. The first-order chi connectivity index (χ1) is 9.06. The second kappa shape index (κ2) is 6.05. The summed E-state index contributed by atoms with van der Waals surface area (Å²) in [7, 11) is 0. The van der Waals surface area contributed by atoms with Crippen molar-refractivity contribution >= 4 is 35.1 Å². The topological polar surface area (TPSA) is 17.1 Å². The predicted octanol–water partition coefficient (Wildman–Crippen LogP) is 5.20. The number of rotatable bonds is 3. The van der Waals surface area contributed by atoms with Crippen molar-refractivity contribution in [2.24, 2.45) is 0 Å². The lowest BCUT2D eigenvalue weighted by Crippen LogP contribution is -1.95. The number of hydrogen-bond acceptors (Lipinski definition) is 1. The molecule has 0 fully saturated rings. The molecule has 0 bridgehead atoms. The molecule has 0 saturated carbocycles. The minimum absolute atomic E-state index is 0.159. The van der Waals surface area contributed by atoms with Gasteiger partial charge in [0, 0.05) is 10.6 Å². The van der Waals surface area contributed by atoms with Crippen molar-refractivity contribution < 1.29 is 4.79 Å². The molecule has 2 aromatic rings. The molecule has 0 aliphatic heterocycles. The van der Waals surface area contributed by atoms with Crippen molar-refractivity contribution in [1.29, 1.82) is 0 Å². The summed E-state index contributed by atoms with van der Waals surface area (Å²) in [6, 6.07) is 12.8. The summed E-state index contributed by atoms with van der Waals surface area (Å²) in [4.78, 5) is 12.0. The van der Waals surface area contributed by atoms with Crippen LogP contribution in [0.3, 0.4) is 0 Å². The molecule has 0 amide bonds. The van der Waals surface area contributed by atoms with E-state index in [-0.39, 0.29) is 5.78 Å². The van der Waals surface area contributed by atoms with Crippen molar-refractivity contribution in [3.8, 4) is 0 Å². The van der Waals surface area contributed by atoms with Crippen LogP contribution >= 0.6 is 23.2 Å². The Morgan fingerprint density at radius 2 is 1.74 bits per heavy atom. The van der Waals surface area contributed by atoms with Gasteiger partial charge in [0.25, 0.3) is 0 Å². The minimum Gasteiger partial charge on any atom is -0.289 e. The van der Waals surface area contributed by atoms with E-state index in [0.717, 1.165) is 5.56 Å². The van der Waals surface area contributed by atoms with Crippen molar-refractivity contribution in [2.75, 3.05) is 0 Å². The zero-order chi connectivity index (χ0) is 13.8. The summed E-state index contributed by atoms with van der Waals surface area (Å²) in [6.45, 7) is 2.02. The molecular formula is C16H12Cl2O. The van der Waals surface area contributed by atoms with Gasteiger partial charge >= 0.3 is 0 Å². The highest BCUT2D eigenvalue weighted by Gasteiger charge is 2.07. The van der Waals surface area contributed by atoms with Crippen LogP contribution in [0.2, 0.25) is 10.0 Å². The molecule has 2 rings (SSSR count). The predicted molar refractivity (Wildman–Crippen MR) is 81.0 cm³/mol. The fourth-order valence-corrected chi connectivity index (χ4v) is 2.01. The smallest absolute Gasteiger partial charge is 0.187 e. The Kier molecular flexibility index (Phi) is 4.41. The van der Waals surface area contributed by atoms with Crippen LogP contribution in [0.5, 0.6) is 0 Å². The first kappa shape index (κ1) is 13.9. The molecule has 3 heteroatoms. The summed E-state index contributed by atoms with van der Waals surface area (Å²) >= 11 is 11.8. The maximum absolute atomic E-state index is 12.0. The molecular weight excluding hydrogens is 279 g/mol. The molecule has 19 heavy (non-hydrogen) atoms. The van der Waals surface area contributed by atoms with Gasteiger partial charge in [-0.15, -0.1) is 0 Å². The molecule has 0 aliphatic carbocycles. The highest BCUT2D eigenvalue weighted by molar-refractivity contribution is 6.36. The van der Waals surface area contributed by atoms with Crippen LogP contribution in [0.4, 0.5) is 0 Å². The summed E-state index contributed by atoms with van der Waals surface area (Å²) in [5.74, 6) is -0.159. The number of allylic oxidation sites excluding steroid dienone is 1. The van der Waals surface area contributed by atoms with E-state index in [9.17, 15) is 4.79 Å². The van der Waals surface area contributed by atoms with Gasteiger partial charge in [-0.3, -0.25) is 4.79 Å². The number of carbonyl (C=O) groups excluding carboxylic acids is 1. The number of hydrogen-bond donors (Lipinski definition) is 0. The SMILES string of the molecule is Cc1ccc(C=CC(=O)c2cc(Cl)ccc2Cl)cc1. The second-order valence-electron chi connectivity index (χ2n) is 4.23. The largest absolute Gasteiger partial charge is 0.289 e. The number of ketones is 1. The Labute approximate surface area is 122 Å². The van der Waals surface area contributed by atoms with E-state index < -0.39 is 0 Å². The van der Waals surface area contributed by atoms with E-state index in [1.807, 2.05) is 31.2 Å². The van der Waals surface area contributed by atoms with Gasteiger partial charge < -0.3 is 0 Å². The van der Waals surface area contributed by atoms with Gasteiger partial charge in [0.15, 0.2) is 5.78 Å². The normalized spacial score (nSPS) is 10.9. The Morgan fingerprint density at radius 1 is 1.05 bits per heavy atom. The van der Waals surface area contributed by atoms with Crippen molar-refractivity contribution in [3.05, 3.63) is 75.3 Å². The van der Waals surface area contributed by atoms with Gasteiger partial charge in [0.2, 0.25) is 0 Å². The fraction of sp³-hybridized carbons (Fsp3) is 0.0625. The lowest BCUT2D eigenvalue weighted by molar-refractivity contribution is 0.104. The molecule has 96 valence electrons. The third-order valence-electron chi connectivity index (χ3n) is 2.70. The maximum Gasteiger partial charge on any atom is 0.187 e. The Morgan fingerprint density at radius 3 is 2.42 bits per heavy atom. The zero-order valence-corrected chi connectivity index (χ0v) is 11.9. The van der Waals surface area contributed by atoms with Crippen LogP contribution in [-0.2, 0) is 0 Å². The number of aryl methyl sites for hydroxylation is 1. The van der Waals surface area contributed by atoms with E-state index in [1.54, 1.807) is 24.3 Å². The molecule has 0 unspecified atom stereocenters. The van der Waals surface area contributed by atoms with Gasteiger partial charge in [0.1, 0.15) is 0 Å². The molecule has 0 spiro atoms. The van der Waals surface area contributed by atoms with Crippen molar-refractivity contribution in [3.63, 3.8) is 0 Å². The quantitative estimate of drug-likeness (QED) is 0.561. The van der Waals surface area contributed by atoms with Crippen LogP contribution < -0.4 is 0 Å². The molecule has 0 atom stereocenters. The van der Waals surface area contributed by atoms with Gasteiger partial charge in [0.05, 0.1) is 5.02 Å². The molecule has 1 nitrogen and oxygen atoms in total. The van der Waals surface area contributed by atoms with E-state index in [0.29, 0.717) is 15.6 Å². The lowest BCUT2D eigenvalue weighted by Gasteiger charge is -2.00. The first-order valence-corrected chi connectivity index (χ1v) is 6.56. The Bertz CT molecular complexity index is 628. The molecule has 0 aliphatic rings. The molecule has 2 aromatic carbocycles. The van der Waals surface area contributed by atoms with E-state index in [4.69, 9.17) is 23.2 Å². The van der Waals surface area contributed by atoms with Crippen LogP contribution in [0.25, 0.3) is 6.08 Å². The van der Waals surface area contributed by atoms with Crippen molar-refractivity contribution in [2.45, 2.75) is 6.92 Å². The van der Waals surface area contributed by atoms with Crippen LogP contribution in [0.1, 0.15) is 21.5 Å². The van der Waals surface area contributed by atoms with E-state index in [1.165, 1.54) is 11.6 Å². The van der Waals surface area contributed by atoms with E-state index in [2.05, 4.69) is 0 Å². The highest BCUT2D eigenvalue weighted by atomic mass is 35.5. The van der Waals surface area contributed by atoms with Crippen molar-refractivity contribution in [1.82, 2.24) is 0 Å². The minimum atomic E-state index is -0.159. The maximum atomic E-state index is 12.0. The molecule has 0 heterocycles. The van der Waals surface area contributed by atoms with Gasteiger partial charge in [-0.1, -0.05) is 59.1 Å². The zero-order valence-electron chi connectivity index (χ0n) is 10.4. The summed E-state index contributed by atoms with van der Waals surface area (Å²) < 4.78 is 0. The molecule has 0 N–H and O–H groups in total. The molecule has 0 saturated heterocycles. The van der Waals surface area contributed by atoms with Crippen LogP contribution in [0.15, 0.2) is 48.5 Å². The second-order valence-corrected chi connectivity index (χ2v) is 5.08. The third kappa shape index (κ3) is 3.69. The summed E-state index contributed by atoms with van der Waals surface area (Å²) in [5.41, 5.74) is 2.57. The average Bonchev–Trinajstić information content (AvgIpc) is 2.40. The third-order valence-corrected chi connectivity index (χ3v) is 3.26. The van der Waals surface area contributed by atoms with Crippen LogP contribution in [0, 0.1) is 6.92 Å². The van der Waals surface area contributed by atoms with Crippen LogP contribution in [-0.4, -0.2) is 5.78 Å². The van der Waals surface area contributed by atoms with Gasteiger partial charge in [-0.05, 0) is 36.8 Å². The number of carbonyl (C=O) groups is 1. The number of benzene rings is 2. The summed E-state index contributed by atoms with van der Waals surface area (Å²) in [5, 5.41) is 0.902. The average molecular weight is 291 g/mol. The Hall–Kier alpha value is -1.57. The van der Waals surface area contributed by atoms with E-state index >= 15 is 0 Å². The van der Waals surface area contributed by atoms with Gasteiger partial charge in [-0.25, -0.2) is 0 Å². The Balaban J connectivity index is 2.21. The first-order valence-electron chi connectivity index (χ1n) is 5.80. The summed E-state index contributed by atoms with van der Waals surface area (Å²) in [6.07, 6.45) is 3.27. The highest BCUT2D eigenvalue weighted by Crippen LogP contribution is 2.21. The fourth-order valence-electron chi connectivity index (χ4n) is 1.63. The monoisotopic (exact) mass is 290 g/mol. The molecule has 0 radical (unpaired) electrons.